The van der Waals surface area contributed by atoms with E-state index in [0.717, 1.165) is 30.2 Å². The lowest BCUT2D eigenvalue weighted by atomic mass is 10.2. The number of nitrogens with zero attached hydrogens (tertiary/aromatic N) is 2. The number of aryl methyl sites for hydroxylation is 2. The average molecular weight is 210 g/mol. The summed E-state index contributed by atoms with van der Waals surface area (Å²) in [7, 11) is 3.68. The summed E-state index contributed by atoms with van der Waals surface area (Å²) in [5.41, 5.74) is 2.27. The zero-order chi connectivity index (χ0) is 10.8. The van der Waals surface area contributed by atoms with E-state index in [1.807, 2.05) is 11.7 Å². The molecule has 2 rings (SSSR count). The molecule has 0 fully saturated rings. The Kier molecular flexibility index (Phi) is 2.81. The van der Waals surface area contributed by atoms with E-state index in [1.54, 1.807) is 7.11 Å². The molecule has 2 N–H and O–H groups in total. The largest absolute Gasteiger partial charge is 0.382 e. The minimum absolute atomic E-state index is 0.322. The summed E-state index contributed by atoms with van der Waals surface area (Å²) in [6.07, 6.45) is 0.951. The van der Waals surface area contributed by atoms with Crippen molar-refractivity contribution >= 4 is 11.5 Å². The molecule has 1 aliphatic heterocycles. The molecule has 0 amide bonds. The highest BCUT2D eigenvalue weighted by Crippen LogP contribution is 2.29. The molecule has 0 spiro atoms. The van der Waals surface area contributed by atoms with Crippen LogP contribution in [0.25, 0.3) is 0 Å². The van der Waals surface area contributed by atoms with Crippen LogP contribution in [-0.4, -0.2) is 36.1 Å². The fraction of sp³-hybridized carbons (Fsp3) is 0.700. The highest BCUT2D eigenvalue weighted by molar-refractivity contribution is 5.70. The molecule has 84 valence electrons. The number of methoxy groups -OCH3 is 1. The number of nitrogens with one attached hydrogen (secondary N) is 2. The van der Waals surface area contributed by atoms with Gasteiger partial charge in [0.2, 0.25) is 0 Å². The third-order valence-corrected chi connectivity index (χ3v) is 2.69. The third-order valence-electron chi connectivity index (χ3n) is 2.69. The molecule has 0 saturated carbocycles. The van der Waals surface area contributed by atoms with Gasteiger partial charge in [0.1, 0.15) is 11.5 Å². The Bertz CT molecular complexity index is 347. The molecule has 1 aromatic rings. The van der Waals surface area contributed by atoms with Crippen molar-refractivity contribution in [3.05, 3.63) is 5.69 Å². The number of hydrogen-bond acceptors (Lipinski definition) is 4. The Labute approximate surface area is 89.8 Å². The van der Waals surface area contributed by atoms with Gasteiger partial charge in [-0.3, -0.25) is 4.68 Å². The van der Waals surface area contributed by atoms with E-state index in [0.29, 0.717) is 12.6 Å². The van der Waals surface area contributed by atoms with Gasteiger partial charge in [0.05, 0.1) is 18.3 Å². The van der Waals surface area contributed by atoms with Crippen LogP contribution in [-0.2, 0) is 18.2 Å². The van der Waals surface area contributed by atoms with Crippen LogP contribution in [0.4, 0.5) is 11.5 Å². The quantitative estimate of drug-likeness (QED) is 0.776. The highest BCUT2D eigenvalue weighted by atomic mass is 16.5. The zero-order valence-electron chi connectivity index (χ0n) is 9.50. The summed E-state index contributed by atoms with van der Waals surface area (Å²) >= 11 is 0. The van der Waals surface area contributed by atoms with Crippen LogP contribution in [0.2, 0.25) is 0 Å². The van der Waals surface area contributed by atoms with Crippen molar-refractivity contribution in [2.45, 2.75) is 19.4 Å². The van der Waals surface area contributed by atoms with Crippen LogP contribution >= 0.6 is 0 Å². The molecule has 1 unspecified atom stereocenters. The van der Waals surface area contributed by atoms with Crippen LogP contribution in [0.1, 0.15) is 12.6 Å². The Balaban J connectivity index is 2.22. The molecule has 1 aromatic heterocycles. The van der Waals surface area contributed by atoms with Crippen molar-refractivity contribution in [3.63, 3.8) is 0 Å². The molecule has 0 aromatic carbocycles. The van der Waals surface area contributed by atoms with Gasteiger partial charge in [-0.2, -0.15) is 5.10 Å². The fourth-order valence-electron chi connectivity index (χ4n) is 1.95. The lowest BCUT2D eigenvalue weighted by Crippen LogP contribution is -2.37. The summed E-state index contributed by atoms with van der Waals surface area (Å²) in [5, 5.41) is 11.3. The minimum atomic E-state index is 0.322. The van der Waals surface area contributed by atoms with Crippen LogP contribution in [0.5, 0.6) is 0 Å². The predicted molar refractivity (Wildman–Crippen MR) is 60.4 cm³/mol. The summed E-state index contributed by atoms with van der Waals surface area (Å²) < 4.78 is 7.03. The van der Waals surface area contributed by atoms with E-state index in [1.165, 1.54) is 0 Å². The maximum absolute atomic E-state index is 5.14. The first-order valence-electron chi connectivity index (χ1n) is 5.31. The first-order chi connectivity index (χ1) is 7.26. The smallest absolute Gasteiger partial charge is 0.148 e. The number of hydrogen-bond donors (Lipinski definition) is 2. The van der Waals surface area contributed by atoms with E-state index in [4.69, 9.17) is 4.74 Å². The van der Waals surface area contributed by atoms with E-state index in [2.05, 4.69) is 22.7 Å². The number of rotatable bonds is 3. The van der Waals surface area contributed by atoms with Gasteiger partial charge >= 0.3 is 0 Å². The van der Waals surface area contributed by atoms with Gasteiger partial charge in [-0.25, -0.2) is 0 Å². The van der Waals surface area contributed by atoms with Crippen molar-refractivity contribution in [3.8, 4) is 0 Å². The molecular weight excluding hydrogens is 192 g/mol. The van der Waals surface area contributed by atoms with Gasteiger partial charge < -0.3 is 15.4 Å². The monoisotopic (exact) mass is 210 g/mol. The van der Waals surface area contributed by atoms with Gasteiger partial charge in [0.15, 0.2) is 0 Å². The number of anilines is 2. The molecular formula is C10H18N4O. The van der Waals surface area contributed by atoms with Gasteiger partial charge in [0.25, 0.3) is 0 Å². The SMILES string of the molecule is CCc1nn(C)c2c1NCC(COC)N2. The summed E-state index contributed by atoms with van der Waals surface area (Å²) in [5.74, 6) is 1.07. The number of ether oxygens (including phenoxy) is 1. The van der Waals surface area contributed by atoms with E-state index >= 15 is 0 Å². The zero-order valence-corrected chi connectivity index (χ0v) is 9.50. The topological polar surface area (TPSA) is 51.1 Å². The number of aromatic nitrogens is 2. The first-order valence-corrected chi connectivity index (χ1v) is 5.31. The Hall–Kier alpha value is -1.23. The van der Waals surface area contributed by atoms with Crippen molar-refractivity contribution in [2.75, 3.05) is 30.9 Å². The lowest BCUT2D eigenvalue weighted by Gasteiger charge is -2.26. The van der Waals surface area contributed by atoms with E-state index in [-0.39, 0.29) is 0 Å². The predicted octanol–water partition coefficient (Wildman–Crippen LogP) is 0.835. The molecule has 0 aliphatic carbocycles. The second-order valence-corrected chi connectivity index (χ2v) is 3.82. The molecule has 5 nitrogen and oxygen atoms in total. The second kappa shape index (κ2) is 4.10. The molecule has 15 heavy (non-hydrogen) atoms. The fourth-order valence-corrected chi connectivity index (χ4v) is 1.95. The Morgan fingerprint density at radius 1 is 1.60 bits per heavy atom. The van der Waals surface area contributed by atoms with E-state index < -0.39 is 0 Å². The molecule has 0 bridgehead atoms. The van der Waals surface area contributed by atoms with Crippen LogP contribution in [0.3, 0.4) is 0 Å². The normalized spacial score (nSPS) is 19.3. The van der Waals surface area contributed by atoms with Crippen LogP contribution in [0.15, 0.2) is 0 Å². The van der Waals surface area contributed by atoms with Gasteiger partial charge in [-0.05, 0) is 6.42 Å². The first kappa shape index (κ1) is 10.3. The molecule has 1 aliphatic rings. The Morgan fingerprint density at radius 3 is 3.07 bits per heavy atom. The minimum Gasteiger partial charge on any atom is -0.382 e. The third kappa shape index (κ3) is 1.79. The maximum atomic E-state index is 5.14. The molecule has 0 radical (unpaired) electrons. The van der Waals surface area contributed by atoms with Crippen LogP contribution in [0, 0.1) is 0 Å². The van der Waals surface area contributed by atoms with Gasteiger partial charge in [-0.15, -0.1) is 0 Å². The second-order valence-electron chi connectivity index (χ2n) is 3.82. The maximum Gasteiger partial charge on any atom is 0.148 e. The Morgan fingerprint density at radius 2 is 2.40 bits per heavy atom. The molecule has 0 saturated heterocycles. The highest BCUT2D eigenvalue weighted by Gasteiger charge is 2.23. The summed E-state index contributed by atoms with van der Waals surface area (Å²) in [6.45, 7) is 3.71. The van der Waals surface area contributed by atoms with Gasteiger partial charge in [0, 0.05) is 20.7 Å². The summed E-state index contributed by atoms with van der Waals surface area (Å²) in [6, 6.07) is 0.322. The standard InChI is InChI=1S/C10H18N4O/c1-4-8-9-10(14(2)13-8)12-7(5-11-9)6-15-3/h7,11-12H,4-6H2,1-3H3. The molecule has 2 heterocycles. The van der Waals surface area contributed by atoms with Crippen LogP contribution < -0.4 is 10.6 Å². The van der Waals surface area contributed by atoms with E-state index in [9.17, 15) is 0 Å². The van der Waals surface area contributed by atoms with Gasteiger partial charge in [-0.1, -0.05) is 6.92 Å². The summed E-state index contributed by atoms with van der Waals surface area (Å²) in [4.78, 5) is 0. The average Bonchev–Trinajstić information content (AvgIpc) is 2.56. The number of fused-ring (bicyclic) bond motifs is 1. The lowest BCUT2D eigenvalue weighted by molar-refractivity contribution is 0.188. The van der Waals surface area contributed by atoms with Crippen molar-refractivity contribution < 1.29 is 4.74 Å². The van der Waals surface area contributed by atoms with Crippen molar-refractivity contribution in [1.82, 2.24) is 9.78 Å². The molecule has 5 heteroatoms. The molecule has 1 atom stereocenters. The van der Waals surface area contributed by atoms with Crippen molar-refractivity contribution in [2.24, 2.45) is 7.05 Å². The van der Waals surface area contributed by atoms with Crippen molar-refractivity contribution in [1.29, 1.82) is 0 Å².